The van der Waals surface area contributed by atoms with Crippen molar-refractivity contribution < 1.29 is 0 Å². The fourth-order valence-electron chi connectivity index (χ4n) is 3.39. The predicted molar refractivity (Wildman–Crippen MR) is 70.0 cm³/mol. The maximum atomic E-state index is 2.62. The SMILES string of the molecule is C[Si](C)(C)[Si]1(C2C=CC=C2)CCCC1. The van der Waals surface area contributed by atoms with Crippen LogP contribution >= 0.6 is 0 Å². The Hall–Kier alpha value is -0.0862. The largest absolute Gasteiger partial charge is 0.0806 e. The lowest BCUT2D eigenvalue weighted by Crippen LogP contribution is -2.57. The van der Waals surface area contributed by atoms with Crippen LogP contribution in [-0.4, -0.2) is 15.2 Å². The van der Waals surface area contributed by atoms with Gasteiger partial charge in [0.2, 0.25) is 0 Å². The Morgan fingerprint density at radius 1 is 1.00 bits per heavy atom. The van der Waals surface area contributed by atoms with E-state index in [9.17, 15) is 0 Å². The van der Waals surface area contributed by atoms with E-state index < -0.39 is 15.2 Å². The van der Waals surface area contributed by atoms with Gasteiger partial charge in [0.1, 0.15) is 0 Å². The second-order valence-corrected chi connectivity index (χ2v) is 21.9. The average molecular weight is 222 g/mol. The molecule has 1 saturated heterocycles. The first-order valence-corrected chi connectivity index (χ1v) is 12.9. The Balaban J connectivity index is 2.31. The molecule has 0 aromatic heterocycles. The third kappa shape index (κ3) is 1.48. The highest BCUT2D eigenvalue weighted by molar-refractivity contribution is 7.42. The van der Waals surface area contributed by atoms with Crippen LogP contribution in [0.4, 0.5) is 0 Å². The Morgan fingerprint density at radius 3 is 1.93 bits per heavy atom. The second kappa shape index (κ2) is 3.49. The van der Waals surface area contributed by atoms with E-state index in [-0.39, 0.29) is 0 Å². The zero-order valence-corrected chi connectivity index (χ0v) is 11.7. The van der Waals surface area contributed by atoms with Crippen molar-refractivity contribution in [2.45, 2.75) is 50.1 Å². The molecule has 2 rings (SSSR count). The molecule has 0 nitrogen and oxygen atoms in total. The smallest absolute Gasteiger partial charge is 0.0587 e. The molecule has 1 heterocycles. The molecule has 0 atom stereocenters. The van der Waals surface area contributed by atoms with E-state index in [0.29, 0.717) is 0 Å². The highest BCUT2D eigenvalue weighted by Gasteiger charge is 2.50. The molecule has 0 unspecified atom stereocenters. The molecule has 1 aliphatic carbocycles. The van der Waals surface area contributed by atoms with Gasteiger partial charge < -0.3 is 0 Å². The van der Waals surface area contributed by atoms with Gasteiger partial charge in [-0.2, -0.15) is 0 Å². The second-order valence-electron chi connectivity index (χ2n) is 5.91. The number of hydrogen-bond donors (Lipinski definition) is 0. The Kier molecular flexibility index (Phi) is 2.60. The number of hydrogen-bond acceptors (Lipinski definition) is 0. The fourth-order valence-corrected chi connectivity index (χ4v) is 18.7. The summed E-state index contributed by atoms with van der Waals surface area (Å²) in [6.07, 6.45) is 12.6. The zero-order valence-electron chi connectivity index (χ0n) is 9.72. The van der Waals surface area contributed by atoms with E-state index in [1.165, 1.54) is 12.8 Å². The quantitative estimate of drug-likeness (QED) is 0.616. The van der Waals surface area contributed by atoms with Crippen LogP contribution in [0.1, 0.15) is 12.8 Å². The summed E-state index contributed by atoms with van der Waals surface area (Å²) in [4.78, 5) is 0. The van der Waals surface area contributed by atoms with Gasteiger partial charge in [-0.3, -0.25) is 0 Å². The summed E-state index contributed by atoms with van der Waals surface area (Å²) in [5.74, 6) is 0. The van der Waals surface area contributed by atoms with E-state index >= 15 is 0 Å². The molecule has 0 amide bonds. The molecule has 0 spiro atoms. The molecule has 0 aromatic rings. The van der Waals surface area contributed by atoms with Crippen LogP contribution in [0.25, 0.3) is 0 Å². The maximum absolute atomic E-state index is 2.62. The van der Waals surface area contributed by atoms with Crippen LogP contribution < -0.4 is 0 Å². The van der Waals surface area contributed by atoms with Gasteiger partial charge in [-0.1, -0.05) is 68.9 Å². The summed E-state index contributed by atoms with van der Waals surface area (Å²) in [5, 5.41) is 0. The van der Waals surface area contributed by atoms with Crippen LogP contribution in [0.3, 0.4) is 0 Å². The van der Waals surface area contributed by atoms with Crippen molar-refractivity contribution in [3.05, 3.63) is 24.3 Å². The zero-order chi connectivity index (χ0) is 10.2. The first-order chi connectivity index (χ1) is 6.56. The molecular weight excluding hydrogens is 200 g/mol. The normalized spacial score (nSPS) is 26.2. The molecule has 0 saturated carbocycles. The molecule has 0 radical (unpaired) electrons. The molecule has 2 heteroatoms. The van der Waals surface area contributed by atoms with Gasteiger partial charge in [0.15, 0.2) is 0 Å². The van der Waals surface area contributed by atoms with Crippen LogP contribution in [0, 0.1) is 0 Å². The summed E-state index contributed by atoms with van der Waals surface area (Å²) in [5.41, 5.74) is 0.900. The third-order valence-corrected chi connectivity index (χ3v) is 23.0. The number of rotatable bonds is 2. The lowest BCUT2D eigenvalue weighted by atomic mass is 10.4. The minimum atomic E-state index is -0.936. The predicted octanol–water partition coefficient (Wildman–Crippen LogP) is 4.14. The molecular formula is C12H22Si2. The van der Waals surface area contributed by atoms with Crippen molar-refractivity contribution in [1.29, 1.82) is 0 Å². The van der Waals surface area contributed by atoms with E-state index in [2.05, 4.69) is 43.9 Å². The molecule has 14 heavy (non-hydrogen) atoms. The summed E-state index contributed by atoms with van der Waals surface area (Å²) in [7, 11) is -1.84. The summed E-state index contributed by atoms with van der Waals surface area (Å²) >= 11 is 0. The Morgan fingerprint density at radius 2 is 1.50 bits per heavy atom. The summed E-state index contributed by atoms with van der Waals surface area (Å²) < 4.78 is 0. The van der Waals surface area contributed by atoms with Crippen LogP contribution in [0.2, 0.25) is 37.3 Å². The highest BCUT2D eigenvalue weighted by Crippen LogP contribution is 2.47. The Labute approximate surface area is 89.9 Å². The summed E-state index contributed by atoms with van der Waals surface area (Å²) in [6.45, 7) is 7.85. The van der Waals surface area contributed by atoms with Crippen LogP contribution in [-0.2, 0) is 0 Å². The van der Waals surface area contributed by atoms with E-state index in [1.54, 1.807) is 12.1 Å². The van der Waals surface area contributed by atoms with E-state index in [1.807, 2.05) is 0 Å². The van der Waals surface area contributed by atoms with Gasteiger partial charge in [0.05, 0.1) is 7.59 Å². The van der Waals surface area contributed by atoms with Crippen LogP contribution in [0.5, 0.6) is 0 Å². The fraction of sp³-hybridized carbons (Fsp3) is 0.667. The monoisotopic (exact) mass is 222 g/mol. The van der Waals surface area contributed by atoms with Gasteiger partial charge in [-0.15, -0.1) is 0 Å². The van der Waals surface area contributed by atoms with Crippen molar-refractivity contribution in [1.82, 2.24) is 0 Å². The maximum Gasteiger partial charge on any atom is 0.0587 e. The van der Waals surface area contributed by atoms with Gasteiger partial charge in [-0.25, -0.2) is 0 Å². The van der Waals surface area contributed by atoms with E-state index in [0.717, 1.165) is 5.54 Å². The molecule has 1 fully saturated rings. The van der Waals surface area contributed by atoms with Crippen molar-refractivity contribution in [2.24, 2.45) is 0 Å². The standard InChI is InChI=1S/C12H22Si2/c1-13(2,3)14(10-6-7-11-14)12-8-4-5-9-12/h4-5,8-9,12H,6-7,10-11H2,1-3H3. The topological polar surface area (TPSA) is 0 Å². The molecule has 2 aliphatic rings. The Bertz CT molecular complexity index is 253. The summed E-state index contributed by atoms with van der Waals surface area (Å²) in [6, 6.07) is 3.23. The van der Waals surface area contributed by atoms with Crippen molar-refractivity contribution in [3.63, 3.8) is 0 Å². The molecule has 78 valence electrons. The van der Waals surface area contributed by atoms with E-state index in [4.69, 9.17) is 0 Å². The minimum Gasteiger partial charge on any atom is -0.0806 e. The van der Waals surface area contributed by atoms with Crippen molar-refractivity contribution >= 4 is 15.2 Å². The molecule has 0 aromatic carbocycles. The average Bonchev–Trinajstić information content (AvgIpc) is 2.74. The molecule has 0 N–H and O–H groups in total. The van der Waals surface area contributed by atoms with Gasteiger partial charge in [-0.05, 0) is 5.54 Å². The minimum absolute atomic E-state index is 0.900. The van der Waals surface area contributed by atoms with Crippen molar-refractivity contribution in [3.8, 4) is 0 Å². The van der Waals surface area contributed by atoms with Gasteiger partial charge >= 0.3 is 0 Å². The third-order valence-electron chi connectivity index (χ3n) is 4.38. The lowest BCUT2D eigenvalue weighted by Gasteiger charge is -2.42. The highest BCUT2D eigenvalue weighted by atomic mass is 29.3. The molecule has 0 bridgehead atoms. The van der Waals surface area contributed by atoms with Crippen LogP contribution in [0.15, 0.2) is 24.3 Å². The van der Waals surface area contributed by atoms with Gasteiger partial charge in [0, 0.05) is 7.59 Å². The first-order valence-electron chi connectivity index (χ1n) is 5.91. The van der Waals surface area contributed by atoms with Crippen molar-refractivity contribution in [2.75, 3.05) is 0 Å². The number of allylic oxidation sites excluding steroid dienone is 4. The lowest BCUT2D eigenvalue weighted by molar-refractivity contribution is 0.935. The van der Waals surface area contributed by atoms with Gasteiger partial charge in [0.25, 0.3) is 0 Å². The first kappa shape index (κ1) is 10.4. The molecule has 1 aliphatic heterocycles.